The number of para-hydroxylation sites is 1. The van der Waals surface area contributed by atoms with Crippen LogP contribution in [0.15, 0.2) is 64.2 Å². The Morgan fingerprint density at radius 1 is 1.03 bits per heavy atom. The second-order valence-corrected chi connectivity index (χ2v) is 9.67. The molecule has 0 atom stereocenters. The summed E-state index contributed by atoms with van der Waals surface area (Å²) in [4.78, 5) is 17.1. The van der Waals surface area contributed by atoms with E-state index in [0.717, 1.165) is 28.2 Å². The van der Waals surface area contributed by atoms with Gasteiger partial charge in [-0.1, -0.05) is 48.0 Å². The first kappa shape index (κ1) is 22.4. The van der Waals surface area contributed by atoms with E-state index in [1.807, 2.05) is 44.2 Å². The Balaban J connectivity index is 1.55. The van der Waals surface area contributed by atoms with E-state index in [4.69, 9.17) is 17.0 Å². The highest BCUT2D eigenvalue weighted by molar-refractivity contribution is 8.27. The van der Waals surface area contributed by atoms with Gasteiger partial charge in [0, 0.05) is 17.0 Å². The van der Waals surface area contributed by atoms with Crippen LogP contribution < -0.4 is 0 Å². The summed E-state index contributed by atoms with van der Waals surface area (Å²) in [6.45, 7) is 8.25. The van der Waals surface area contributed by atoms with Crippen LogP contribution in [0.3, 0.4) is 0 Å². The number of fused-ring (bicyclic) bond motifs is 1. The SMILES string of the molecule is Cc1cccc(C)c1-n1c(C)cc(C=C2C(=N)N3N=C(c4ccccc4Cl)SC3=NC2=O)c1C. The number of aryl methyl sites for hydroxylation is 3. The van der Waals surface area contributed by atoms with E-state index in [9.17, 15) is 4.79 Å². The van der Waals surface area contributed by atoms with Gasteiger partial charge in [0.05, 0.1) is 16.3 Å². The summed E-state index contributed by atoms with van der Waals surface area (Å²) < 4.78 is 2.20. The second-order valence-electron chi connectivity index (χ2n) is 8.31. The van der Waals surface area contributed by atoms with Crippen molar-refractivity contribution < 1.29 is 4.79 Å². The van der Waals surface area contributed by atoms with Gasteiger partial charge in [-0.25, -0.2) is 0 Å². The highest BCUT2D eigenvalue weighted by atomic mass is 35.5. The molecule has 2 aliphatic rings. The standard InChI is InChI=1S/C26H22ClN5OS/c1-14-8-7-9-15(2)22(14)31-16(3)12-18(17(31)4)13-20-23(28)32-26(29-24(20)33)34-25(30-32)19-10-5-6-11-21(19)27/h5-13,28H,1-4H3. The van der Waals surface area contributed by atoms with Crippen molar-refractivity contribution in [3.63, 3.8) is 0 Å². The van der Waals surface area contributed by atoms with Gasteiger partial charge in [0.1, 0.15) is 5.04 Å². The van der Waals surface area contributed by atoms with Gasteiger partial charge in [0.15, 0.2) is 5.84 Å². The summed E-state index contributed by atoms with van der Waals surface area (Å²) >= 11 is 7.56. The van der Waals surface area contributed by atoms with Crippen LogP contribution in [-0.4, -0.2) is 31.5 Å². The third kappa shape index (κ3) is 3.61. The van der Waals surface area contributed by atoms with Crippen molar-refractivity contribution >= 4 is 51.4 Å². The third-order valence-electron chi connectivity index (χ3n) is 5.99. The number of nitrogens with one attached hydrogen (secondary N) is 1. The largest absolute Gasteiger partial charge is 0.317 e. The quantitative estimate of drug-likeness (QED) is 0.458. The molecule has 8 heteroatoms. The van der Waals surface area contributed by atoms with Crippen molar-refractivity contribution in [2.24, 2.45) is 10.1 Å². The van der Waals surface area contributed by atoms with Gasteiger partial charge in [-0.15, -0.1) is 0 Å². The maximum atomic E-state index is 12.9. The molecule has 170 valence electrons. The highest BCUT2D eigenvalue weighted by Gasteiger charge is 2.36. The van der Waals surface area contributed by atoms with Crippen LogP contribution in [0.2, 0.25) is 5.02 Å². The lowest BCUT2D eigenvalue weighted by Crippen LogP contribution is -2.35. The van der Waals surface area contributed by atoms with Crippen molar-refractivity contribution in [1.82, 2.24) is 9.58 Å². The van der Waals surface area contributed by atoms with E-state index in [1.54, 1.807) is 12.1 Å². The Hall–Kier alpha value is -3.42. The molecule has 0 saturated heterocycles. The summed E-state index contributed by atoms with van der Waals surface area (Å²) in [5, 5.41) is 16.2. The lowest BCUT2D eigenvalue weighted by Gasteiger charge is -2.20. The molecule has 0 spiro atoms. The molecule has 0 saturated carbocycles. The summed E-state index contributed by atoms with van der Waals surface area (Å²) in [5.74, 6) is -0.447. The minimum absolute atomic E-state index is 0.00132. The smallest absolute Gasteiger partial charge is 0.283 e. The number of aromatic nitrogens is 1. The fourth-order valence-corrected chi connectivity index (χ4v) is 5.54. The molecule has 1 aromatic heterocycles. The van der Waals surface area contributed by atoms with Crippen LogP contribution in [0.25, 0.3) is 11.8 Å². The first-order valence-electron chi connectivity index (χ1n) is 10.8. The number of hydrogen-bond acceptors (Lipinski definition) is 4. The fourth-order valence-electron chi connectivity index (χ4n) is 4.33. The molecule has 3 heterocycles. The number of carbonyl (C=O) groups is 1. The average molecular weight is 488 g/mol. The van der Waals surface area contributed by atoms with Crippen LogP contribution in [0.4, 0.5) is 0 Å². The van der Waals surface area contributed by atoms with Crippen LogP contribution in [0.5, 0.6) is 0 Å². The number of carbonyl (C=O) groups excluding carboxylic acids is 1. The highest BCUT2D eigenvalue weighted by Crippen LogP contribution is 2.34. The zero-order valence-electron chi connectivity index (χ0n) is 19.2. The van der Waals surface area contributed by atoms with Crippen LogP contribution in [0.1, 0.15) is 33.6 Å². The zero-order chi connectivity index (χ0) is 24.1. The number of hydrogen-bond donors (Lipinski definition) is 1. The Bertz CT molecular complexity index is 1460. The topological polar surface area (TPSA) is 73.8 Å². The normalized spacial score (nSPS) is 16.7. The third-order valence-corrected chi connectivity index (χ3v) is 7.26. The van der Waals surface area contributed by atoms with Gasteiger partial charge >= 0.3 is 0 Å². The first-order chi connectivity index (χ1) is 16.3. The summed E-state index contributed by atoms with van der Waals surface area (Å²) in [7, 11) is 0. The molecule has 0 bridgehead atoms. The molecular formula is C26H22ClN5OS. The molecule has 0 radical (unpaired) electrons. The number of hydrazone groups is 1. The van der Waals surface area contributed by atoms with Crippen LogP contribution in [-0.2, 0) is 4.79 Å². The van der Waals surface area contributed by atoms with Gasteiger partial charge in [-0.3, -0.25) is 10.2 Å². The van der Waals surface area contributed by atoms with E-state index in [2.05, 4.69) is 40.6 Å². The van der Waals surface area contributed by atoms with Gasteiger partial charge in [-0.05, 0) is 74.4 Å². The van der Waals surface area contributed by atoms with Crippen LogP contribution >= 0.6 is 23.4 Å². The minimum Gasteiger partial charge on any atom is -0.317 e. The number of benzene rings is 2. The molecule has 0 fully saturated rings. The monoisotopic (exact) mass is 487 g/mol. The maximum Gasteiger partial charge on any atom is 0.283 e. The lowest BCUT2D eigenvalue weighted by molar-refractivity contribution is -0.114. The Morgan fingerprint density at radius 3 is 2.44 bits per heavy atom. The predicted octanol–water partition coefficient (Wildman–Crippen LogP) is 6.03. The minimum atomic E-state index is -0.448. The van der Waals surface area contributed by atoms with Crippen LogP contribution in [0, 0.1) is 33.1 Å². The van der Waals surface area contributed by atoms with Crippen molar-refractivity contribution in [3.8, 4) is 5.69 Å². The van der Waals surface area contributed by atoms with Crippen molar-refractivity contribution in [1.29, 1.82) is 5.41 Å². The van der Waals surface area contributed by atoms with Gasteiger partial charge in [0.25, 0.3) is 5.91 Å². The fraction of sp³-hybridized carbons (Fsp3) is 0.154. The molecule has 1 N–H and O–H groups in total. The molecule has 0 aliphatic carbocycles. The number of amidine groups is 2. The van der Waals surface area contributed by atoms with Gasteiger partial charge in [-0.2, -0.15) is 15.1 Å². The number of aliphatic imine (C=N–C) groups is 1. The van der Waals surface area contributed by atoms with Gasteiger partial charge in [0.2, 0.25) is 5.17 Å². The number of thioether (sulfide) groups is 1. The maximum absolute atomic E-state index is 12.9. The molecule has 1 amide bonds. The molecule has 0 unspecified atom stereocenters. The van der Waals surface area contributed by atoms with Crippen molar-refractivity contribution in [3.05, 3.63) is 92.8 Å². The molecule has 2 aromatic carbocycles. The summed E-state index contributed by atoms with van der Waals surface area (Å²) in [6, 6.07) is 15.6. The second kappa shape index (κ2) is 8.42. The Morgan fingerprint density at radius 2 is 1.74 bits per heavy atom. The first-order valence-corrected chi connectivity index (χ1v) is 12.0. The number of halogens is 1. The Kier molecular flexibility index (Phi) is 5.54. The van der Waals surface area contributed by atoms with Crippen molar-refractivity contribution in [2.75, 3.05) is 0 Å². The van der Waals surface area contributed by atoms with E-state index in [-0.39, 0.29) is 11.4 Å². The molecule has 5 rings (SSSR count). The number of nitrogens with zero attached hydrogens (tertiary/aromatic N) is 4. The predicted molar refractivity (Wildman–Crippen MR) is 140 cm³/mol. The lowest BCUT2D eigenvalue weighted by atomic mass is 10.1. The summed E-state index contributed by atoms with van der Waals surface area (Å²) in [6.07, 6.45) is 1.74. The number of rotatable bonds is 3. The molecule has 2 aliphatic heterocycles. The van der Waals surface area contributed by atoms with E-state index in [0.29, 0.717) is 15.2 Å². The summed E-state index contributed by atoms with van der Waals surface area (Å²) in [5.41, 5.74) is 7.35. The zero-order valence-corrected chi connectivity index (χ0v) is 20.8. The average Bonchev–Trinajstić information content (AvgIpc) is 3.33. The number of amides is 1. The van der Waals surface area contributed by atoms with E-state index >= 15 is 0 Å². The molecule has 6 nitrogen and oxygen atoms in total. The van der Waals surface area contributed by atoms with E-state index in [1.165, 1.54) is 27.9 Å². The Labute approximate surface area is 207 Å². The molecule has 34 heavy (non-hydrogen) atoms. The van der Waals surface area contributed by atoms with Gasteiger partial charge < -0.3 is 4.57 Å². The molecule has 3 aromatic rings. The van der Waals surface area contributed by atoms with Crippen molar-refractivity contribution in [2.45, 2.75) is 27.7 Å². The van der Waals surface area contributed by atoms with E-state index < -0.39 is 5.91 Å². The molecular weight excluding hydrogens is 466 g/mol.